The Balaban J connectivity index is 2.10. The lowest BCUT2D eigenvalue weighted by Crippen LogP contribution is -2.46. The molecule has 0 spiro atoms. The molecule has 0 aliphatic carbocycles. The summed E-state index contributed by atoms with van der Waals surface area (Å²) in [5, 5.41) is 11.0. The fourth-order valence-electron chi connectivity index (χ4n) is 3.06. The lowest BCUT2D eigenvalue weighted by atomic mass is 10.1. The zero-order valence-corrected chi connectivity index (χ0v) is 16.2. The first-order valence-electron chi connectivity index (χ1n) is 8.52. The van der Waals surface area contributed by atoms with Gasteiger partial charge in [-0.25, -0.2) is 13.2 Å². The second-order valence-electron chi connectivity index (χ2n) is 6.49. The smallest absolute Gasteiger partial charge is 0.339 e. The second kappa shape index (κ2) is 8.03. The lowest BCUT2D eigenvalue weighted by molar-refractivity contribution is -0.385. The van der Waals surface area contributed by atoms with Gasteiger partial charge >= 0.3 is 5.97 Å². The van der Waals surface area contributed by atoms with Gasteiger partial charge in [0.05, 0.1) is 22.0 Å². The summed E-state index contributed by atoms with van der Waals surface area (Å²) in [4.78, 5) is 36.7. The van der Waals surface area contributed by atoms with E-state index in [1.165, 1.54) is 24.0 Å². The molecule has 1 aromatic carbocycles. The molecule has 0 saturated carbocycles. The third-order valence-corrected chi connectivity index (χ3v) is 6.30. The van der Waals surface area contributed by atoms with Crippen molar-refractivity contribution in [1.29, 1.82) is 0 Å². The molecule has 0 aromatic heterocycles. The Morgan fingerprint density at radius 3 is 2.59 bits per heavy atom. The third-order valence-electron chi connectivity index (χ3n) is 4.55. The highest BCUT2D eigenvalue weighted by atomic mass is 32.2. The minimum absolute atomic E-state index is 0.0292. The Morgan fingerprint density at radius 2 is 2.07 bits per heavy atom. The first kappa shape index (κ1) is 20.8. The van der Waals surface area contributed by atoms with Crippen LogP contribution in [0.2, 0.25) is 0 Å². The zero-order chi connectivity index (χ0) is 20.4. The van der Waals surface area contributed by atoms with Crippen LogP contribution in [0.4, 0.5) is 5.69 Å². The Kier molecular flexibility index (Phi) is 6.19. The van der Waals surface area contributed by atoms with E-state index in [1.54, 1.807) is 13.8 Å². The monoisotopic (exact) mass is 398 g/mol. The minimum atomic E-state index is -3.16. The van der Waals surface area contributed by atoms with Gasteiger partial charge in [-0.3, -0.25) is 14.9 Å². The normalized spacial score (nSPS) is 19.3. The number of benzene rings is 1. The summed E-state index contributed by atoms with van der Waals surface area (Å²) in [7, 11) is -3.16. The second-order valence-corrected chi connectivity index (χ2v) is 8.72. The molecule has 1 aliphatic rings. The number of aryl methyl sites for hydroxylation is 1. The molecule has 10 heteroatoms. The molecule has 148 valence electrons. The quantitative estimate of drug-likeness (QED) is 0.404. The van der Waals surface area contributed by atoms with Gasteiger partial charge in [-0.1, -0.05) is 6.07 Å². The van der Waals surface area contributed by atoms with Crippen LogP contribution in [0.25, 0.3) is 0 Å². The average Bonchev–Trinajstić information content (AvgIpc) is 2.95. The summed E-state index contributed by atoms with van der Waals surface area (Å²) in [6.07, 6.45) is -0.784. The molecule has 1 aliphatic heterocycles. The van der Waals surface area contributed by atoms with E-state index in [0.29, 0.717) is 12.0 Å². The highest BCUT2D eigenvalue weighted by Crippen LogP contribution is 2.21. The number of hydrogen-bond acceptors (Lipinski definition) is 7. The van der Waals surface area contributed by atoms with Crippen LogP contribution >= 0.6 is 0 Å². The molecule has 2 rings (SSSR count). The van der Waals surface area contributed by atoms with Crippen LogP contribution in [-0.2, 0) is 19.4 Å². The van der Waals surface area contributed by atoms with Gasteiger partial charge in [-0.2, -0.15) is 0 Å². The van der Waals surface area contributed by atoms with Crippen molar-refractivity contribution in [2.75, 3.05) is 18.1 Å². The van der Waals surface area contributed by atoms with Gasteiger partial charge in [-0.05, 0) is 33.3 Å². The van der Waals surface area contributed by atoms with Crippen molar-refractivity contribution in [1.82, 2.24) is 4.90 Å². The zero-order valence-electron chi connectivity index (χ0n) is 15.4. The fourth-order valence-corrected chi connectivity index (χ4v) is 4.79. The summed E-state index contributed by atoms with van der Waals surface area (Å²) in [5.41, 5.74) is 0.161. The molecule has 1 saturated heterocycles. The summed E-state index contributed by atoms with van der Waals surface area (Å²) in [5.74, 6) is -1.41. The van der Waals surface area contributed by atoms with Crippen molar-refractivity contribution in [3.8, 4) is 0 Å². The highest BCUT2D eigenvalue weighted by molar-refractivity contribution is 7.91. The lowest BCUT2D eigenvalue weighted by Gasteiger charge is -2.29. The van der Waals surface area contributed by atoms with Crippen LogP contribution < -0.4 is 0 Å². The maximum absolute atomic E-state index is 12.6. The number of sulfone groups is 1. The number of carbonyl (C=O) groups excluding carboxylic acids is 2. The molecule has 0 N–H and O–H groups in total. The van der Waals surface area contributed by atoms with E-state index in [2.05, 4.69) is 0 Å². The topological polar surface area (TPSA) is 124 Å². The molecular weight excluding hydrogens is 376 g/mol. The Labute approximate surface area is 157 Å². The number of likely N-dealkylation sites (N-methyl/N-ethyl adjacent to an activating group) is 1. The molecule has 9 nitrogen and oxygen atoms in total. The first-order chi connectivity index (χ1) is 12.6. The van der Waals surface area contributed by atoms with Crippen LogP contribution in [0, 0.1) is 17.0 Å². The van der Waals surface area contributed by atoms with Crippen molar-refractivity contribution in [2.45, 2.75) is 39.3 Å². The number of nitro groups is 1. The molecule has 0 bridgehead atoms. The van der Waals surface area contributed by atoms with E-state index in [0.717, 1.165) is 6.07 Å². The summed E-state index contributed by atoms with van der Waals surface area (Å²) < 4.78 is 28.5. The highest BCUT2D eigenvalue weighted by Gasteiger charge is 2.36. The Bertz CT molecular complexity index is 866. The molecule has 1 fully saturated rings. The molecule has 0 unspecified atom stereocenters. The van der Waals surface area contributed by atoms with Gasteiger partial charge in [-0.15, -0.1) is 0 Å². The van der Waals surface area contributed by atoms with E-state index in [4.69, 9.17) is 4.74 Å². The summed E-state index contributed by atoms with van der Waals surface area (Å²) in [6.45, 7) is 4.96. The van der Waals surface area contributed by atoms with E-state index in [-0.39, 0.29) is 29.3 Å². The van der Waals surface area contributed by atoms with E-state index >= 15 is 0 Å². The number of ether oxygens (including phenoxy) is 1. The van der Waals surface area contributed by atoms with Crippen molar-refractivity contribution < 1.29 is 27.7 Å². The van der Waals surface area contributed by atoms with Gasteiger partial charge in [0.1, 0.15) is 0 Å². The molecular formula is C17H22N2O7S. The number of nitrogens with zero attached hydrogens (tertiary/aromatic N) is 2. The van der Waals surface area contributed by atoms with Gasteiger partial charge < -0.3 is 9.64 Å². The van der Waals surface area contributed by atoms with Crippen molar-refractivity contribution in [3.05, 3.63) is 39.4 Å². The maximum Gasteiger partial charge on any atom is 0.339 e. The van der Waals surface area contributed by atoms with Crippen LogP contribution in [0.1, 0.15) is 36.2 Å². The van der Waals surface area contributed by atoms with Crippen LogP contribution in [-0.4, -0.2) is 60.3 Å². The number of rotatable bonds is 6. The Morgan fingerprint density at radius 1 is 1.41 bits per heavy atom. The molecule has 2 atom stereocenters. The molecule has 27 heavy (non-hydrogen) atoms. The number of esters is 1. The van der Waals surface area contributed by atoms with Gasteiger partial charge in [0, 0.05) is 24.2 Å². The van der Waals surface area contributed by atoms with Crippen molar-refractivity contribution in [3.63, 3.8) is 0 Å². The van der Waals surface area contributed by atoms with Crippen molar-refractivity contribution >= 4 is 27.4 Å². The largest absolute Gasteiger partial charge is 0.449 e. The SMILES string of the molecule is CCN(C(=O)[C@H](C)OC(=O)c1ccc(C)c([N+](=O)[O-])c1)[C@@H]1CCS(=O)(=O)C1. The van der Waals surface area contributed by atoms with Gasteiger partial charge in [0.15, 0.2) is 15.9 Å². The van der Waals surface area contributed by atoms with E-state index in [9.17, 15) is 28.1 Å². The number of hydrogen-bond donors (Lipinski definition) is 0. The number of nitro benzene ring substituents is 1. The predicted octanol–water partition coefficient (Wildman–Crippen LogP) is 1.48. The molecule has 0 radical (unpaired) electrons. The third kappa shape index (κ3) is 4.82. The van der Waals surface area contributed by atoms with Crippen LogP contribution in [0.3, 0.4) is 0 Å². The predicted molar refractivity (Wildman–Crippen MR) is 97.2 cm³/mol. The molecule has 1 aromatic rings. The standard InChI is InChI=1S/C17H22N2O7S/c1-4-18(14-7-8-27(24,25)10-14)16(20)12(3)26-17(21)13-6-5-11(2)15(9-13)19(22)23/h5-6,9,12,14H,4,7-8,10H2,1-3H3/t12-,14+/m0/s1. The average molecular weight is 398 g/mol. The minimum Gasteiger partial charge on any atom is -0.449 e. The number of carbonyl (C=O) groups is 2. The van der Waals surface area contributed by atoms with Crippen LogP contribution in [0.5, 0.6) is 0 Å². The summed E-state index contributed by atoms with van der Waals surface area (Å²) >= 11 is 0. The van der Waals surface area contributed by atoms with Crippen molar-refractivity contribution in [2.24, 2.45) is 0 Å². The van der Waals surface area contributed by atoms with Gasteiger partial charge in [0.2, 0.25) is 0 Å². The Hall–Kier alpha value is -2.49. The summed E-state index contributed by atoms with van der Waals surface area (Å²) in [6, 6.07) is 3.50. The first-order valence-corrected chi connectivity index (χ1v) is 10.3. The maximum atomic E-state index is 12.6. The van der Waals surface area contributed by atoms with Crippen LogP contribution in [0.15, 0.2) is 18.2 Å². The molecule has 1 heterocycles. The van der Waals surface area contributed by atoms with E-state index in [1.807, 2.05) is 0 Å². The van der Waals surface area contributed by atoms with Gasteiger partial charge in [0.25, 0.3) is 11.6 Å². The number of amides is 1. The molecule has 1 amide bonds. The fraction of sp³-hybridized carbons (Fsp3) is 0.529. The van der Waals surface area contributed by atoms with E-state index < -0.39 is 38.8 Å².